The molecular weight excluding hydrogens is 366 g/mol. The highest BCUT2D eigenvalue weighted by Crippen LogP contribution is 2.40. The summed E-state index contributed by atoms with van der Waals surface area (Å²) in [7, 11) is 0. The lowest BCUT2D eigenvalue weighted by Crippen LogP contribution is -2.53. The Balaban J connectivity index is 1.07. The fourth-order valence-electron chi connectivity index (χ4n) is 3.96. The van der Waals surface area contributed by atoms with E-state index >= 15 is 0 Å². The highest BCUT2D eigenvalue weighted by Gasteiger charge is 2.31. The van der Waals surface area contributed by atoms with Crippen molar-refractivity contribution in [3.05, 3.63) is 53.6 Å². The summed E-state index contributed by atoms with van der Waals surface area (Å²) in [6.45, 7) is 1.99. The van der Waals surface area contributed by atoms with Crippen LogP contribution in [0, 0.1) is 5.92 Å². The van der Waals surface area contributed by atoms with Crippen LogP contribution >= 0.6 is 0 Å². The fourth-order valence-corrected chi connectivity index (χ4v) is 3.96. The third-order valence-electron chi connectivity index (χ3n) is 5.91. The lowest BCUT2D eigenvalue weighted by Gasteiger charge is -2.38. The Hall–Kier alpha value is -3.02. The maximum Gasteiger partial charge on any atom is 0.321 e. The molecule has 150 valence electrons. The summed E-state index contributed by atoms with van der Waals surface area (Å²) in [4.78, 5) is 25.6. The Labute approximate surface area is 170 Å². The number of benzene rings is 2. The van der Waals surface area contributed by atoms with E-state index in [0.717, 1.165) is 35.0 Å². The zero-order valence-electron chi connectivity index (χ0n) is 16.3. The molecule has 0 bridgehead atoms. The second-order valence-electron chi connectivity index (χ2n) is 8.28. The summed E-state index contributed by atoms with van der Waals surface area (Å²) >= 11 is 0. The van der Waals surface area contributed by atoms with Gasteiger partial charge in [0.25, 0.3) is 0 Å². The number of ether oxygens (including phenoxy) is 1. The second-order valence-corrected chi connectivity index (χ2v) is 8.28. The van der Waals surface area contributed by atoms with Crippen molar-refractivity contribution in [3.63, 3.8) is 0 Å². The van der Waals surface area contributed by atoms with Crippen LogP contribution < -0.4 is 15.4 Å². The molecule has 0 aromatic heterocycles. The van der Waals surface area contributed by atoms with Gasteiger partial charge in [-0.3, -0.25) is 4.79 Å². The first-order valence-corrected chi connectivity index (χ1v) is 10.4. The van der Waals surface area contributed by atoms with Crippen LogP contribution in [0.4, 0.5) is 16.2 Å². The van der Waals surface area contributed by atoms with E-state index in [9.17, 15) is 9.59 Å². The number of hydrogen-bond donors (Lipinski definition) is 2. The largest absolute Gasteiger partial charge is 0.493 e. The Morgan fingerprint density at radius 2 is 1.90 bits per heavy atom. The summed E-state index contributed by atoms with van der Waals surface area (Å²) in [5.74, 6) is 1.95. The molecule has 5 rings (SSSR count). The number of urea groups is 1. The van der Waals surface area contributed by atoms with Crippen LogP contribution in [0.5, 0.6) is 5.75 Å². The first-order valence-electron chi connectivity index (χ1n) is 10.4. The van der Waals surface area contributed by atoms with Gasteiger partial charge in [-0.05, 0) is 66.6 Å². The topological polar surface area (TPSA) is 70.7 Å². The number of rotatable bonds is 5. The van der Waals surface area contributed by atoms with Crippen molar-refractivity contribution in [2.24, 2.45) is 5.92 Å². The third kappa shape index (κ3) is 4.06. The molecule has 1 saturated carbocycles. The van der Waals surface area contributed by atoms with Crippen molar-refractivity contribution < 1.29 is 14.3 Å². The SMILES string of the molecule is O=C1CCc2cc(OCC3CN(C(=O)Nc4ccc(C5CC5)cc4)C3)ccc2N1. The smallest absolute Gasteiger partial charge is 0.321 e. The second kappa shape index (κ2) is 7.43. The Kier molecular flexibility index (Phi) is 4.62. The summed E-state index contributed by atoms with van der Waals surface area (Å²) < 4.78 is 5.92. The van der Waals surface area contributed by atoms with Crippen LogP contribution in [-0.4, -0.2) is 36.5 Å². The number of nitrogens with one attached hydrogen (secondary N) is 2. The number of fused-ring (bicyclic) bond motifs is 1. The average Bonchev–Trinajstić information content (AvgIpc) is 3.52. The van der Waals surface area contributed by atoms with Crippen molar-refractivity contribution in [2.45, 2.75) is 31.6 Å². The summed E-state index contributed by atoms with van der Waals surface area (Å²) in [6, 6.07) is 14.0. The molecule has 1 aliphatic carbocycles. The van der Waals surface area contributed by atoms with Crippen molar-refractivity contribution in [1.82, 2.24) is 4.90 Å². The normalized spacial score (nSPS) is 18.5. The van der Waals surface area contributed by atoms with Crippen LogP contribution in [0.2, 0.25) is 0 Å². The molecular formula is C23H25N3O3. The van der Waals surface area contributed by atoms with E-state index < -0.39 is 0 Å². The molecule has 0 radical (unpaired) electrons. The molecule has 2 N–H and O–H groups in total. The van der Waals surface area contributed by atoms with Gasteiger partial charge in [0.2, 0.25) is 5.91 Å². The average molecular weight is 391 g/mol. The highest BCUT2D eigenvalue weighted by molar-refractivity contribution is 5.94. The summed E-state index contributed by atoms with van der Waals surface area (Å²) in [5, 5.41) is 5.85. The van der Waals surface area contributed by atoms with Crippen molar-refractivity contribution >= 4 is 23.3 Å². The van der Waals surface area contributed by atoms with Gasteiger partial charge in [0.1, 0.15) is 5.75 Å². The van der Waals surface area contributed by atoms with Gasteiger partial charge >= 0.3 is 6.03 Å². The zero-order valence-corrected chi connectivity index (χ0v) is 16.3. The maximum atomic E-state index is 12.4. The van der Waals surface area contributed by atoms with Gasteiger partial charge in [-0.15, -0.1) is 0 Å². The molecule has 2 aromatic rings. The molecule has 0 spiro atoms. The number of likely N-dealkylation sites (tertiary alicyclic amines) is 1. The van der Waals surface area contributed by atoms with Crippen LogP contribution in [-0.2, 0) is 11.2 Å². The Bertz CT molecular complexity index is 931. The molecule has 6 heteroatoms. The first-order chi connectivity index (χ1) is 14.1. The van der Waals surface area contributed by atoms with Gasteiger partial charge in [0, 0.05) is 36.8 Å². The number of hydrogen-bond acceptors (Lipinski definition) is 3. The molecule has 3 aliphatic rings. The monoisotopic (exact) mass is 391 g/mol. The minimum Gasteiger partial charge on any atom is -0.493 e. The van der Waals surface area contributed by atoms with Gasteiger partial charge in [-0.25, -0.2) is 4.79 Å². The highest BCUT2D eigenvalue weighted by atomic mass is 16.5. The van der Waals surface area contributed by atoms with Crippen LogP contribution in [0.15, 0.2) is 42.5 Å². The predicted octanol–water partition coefficient (Wildman–Crippen LogP) is 3.99. The van der Waals surface area contributed by atoms with Gasteiger partial charge in [-0.2, -0.15) is 0 Å². The zero-order chi connectivity index (χ0) is 19.8. The molecule has 2 aliphatic heterocycles. The molecule has 6 nitrogen and oxygen atoms in total. The minimum absolute atomic E-state index is 0.0510. The fraction of sp³-hybridized carbons (Fsp3) is 0.391. The van der Waals surface area contributed by atoms with E-state index in [1.165, 1.54) is 18.4 Å². The van der Waals surface area contributed by atoms with E-state index in [0.29, 0.717) is 32.0 Å². The van der Waals surface area contributed by atoms with Gasteiger partial charge in [0.05, 0.1) is 6.61 Å². The molecule has 2 heterocycles. The van der Waals surface area contributed by atoms with Gasteiger partial charge < -0.3 is 20.3 Å². The summed E-state index contributed by atoms with van der Waals surface area (Å²) in [5.41, 5.74) is 4.21. The molecule has 1 saturated heterocycles. The van der Waals surface area contributed by atoms with E-state index in [4.69, 9.17) is 4.74 Å². The quantitative estimate of drug-likeness (QED) is 0.810. The number of anilines is 2. The van der Waals surface area contributed by atoms with Crippen molar-refractivity contribution in [1.29, 1.82) is 0 Å². The number of carbonyl (C=O) groups excluding carboxylic acids is 2. The molecule has 2 aromatic carbocycles. The molecule has 29 heavy (non-hydrogen) atoms. The Morgan fingerprint density at radius 1 is 1.10 bits per heavy atom. The standard InChI is InChI=1S/C23H25N3O3/c27-22-10-5-18-11-20(8-9-21(18)25-22)29-14-15-12-26(13-15)23(28)24-19-6-3-17(4-7-19)16-1-2-16/h3-4,6-9,11,15-16H,1-2,5,10,12-14H2,(H,24,28)(H,25,27). The minimum atomic E-state index is -0.0510. The van der Waals surface area contributed by atoms with Gasteiger partial charge in [-0.1, -0.05) is 12.1 Å². The van der Waals surface area contributed by atoms with Crippen LogP contribution in [0.25, 0.3) is 0 Å². The number of carbonyl (C=O) groups is 2. The molecule has 3 amide bonds. The third-order valence-corrected chi connectivity index (χ3v) is 5.91. The molecule has 0 atom stereocenters. The number of aryl methyl sites for hydroxylation is 1. The van der Waals surface area contributed by atoms with Crippen LogP contribution in [0.1, 0.15) is 36.3 Å². The van der Waals surface area contributed by atoms with E-state index in [2.05, 4.69) is 22.8 Å². The van der Waals surface area contributed by atoms with Crippen LogP contribution in [0.3, 0.4) is 0 Å². The number of nitrogens with zero attached hydrogens (tertiary/aromatic N) is 1. The Morgan fingerprint density at radius 3 is 2.66 bits per heavy atom. The summed E-state index contributed by atoms with van der Waals surface area (Å²) in [6.07, 6.45) is 3.83. The van der Waals surface area contributed by atoms with Gasteiger partial charge in [0.15, 0.2) is 0 Å². The molecule has 0 unspecified atom stereocenters. The van der Waals surface area contributed by atoms with Crippen molar-refractivity contribution in [2.75, 3.05) is 30.3 Å². The lowest BCUT2D eigenvalue weighted by molar-refractivity contribution is -0.116. The predicted molar refractivity (Wildman–Crippen MR) is 111 cm³/mol. The number of amides is 3. The lowest BCUT2D eigenvalue weighted by atomic mass is 10.0. The van der Waals surface area contributed by atoms with E-state index in [1.54, 1.807) is 0 Å². The maximum absolute atomic E-state index is 12.4. The van der Waals surface area contributed by atoms with Crippen molar-refractivity contribution in [3.8, 4) is 5.75 Å². The first kappa shape index (κ1) is 18.0. The molecule has 2 fully saturated rings. The van der Waals surface area contributed by atoms with E-state index in [1.807, 2.05) is 35.2 Å². The van der Waals surface area contributed by atoms with E-state index in [-0.39, 0.29) is 11.9 Å².